The molecule has 1 atom stereocenters. The molecule has 2 N–H and O–H groups in total. The van der Waals surface area contributed by atoms with E-state index in [9.17, 15) is 5.11 Å². The summed E-state index contributed by atoms with van der Waals surface area (Å²) in [5.74, 6) is 0.771. The van der Waals surface area contributed by atoms with Crippen molar-refractivity contribution in [3.8, 4) is 5.75 Å². The molecule has 0 aliphatic heterocycles. The van der Waals surface area contributed by atoms with Crippen LogP contribution >= 0.6 is 23.2 Å². The van der Waals surface area contributed by atoms with Crippen molar-refractivity contribution in [2.24, 2.45) is 0 Å². The molecule has 2 aromatic rings. The minimum atomic E-state index is -0.0461. The zero-order chi connectivity index (χ0) is 14.7. The average molecular weight is 315 g/mol. The predicted octanol–water partition coefficient (Wildman–Crippen LogP) is 4.24. The Morgan fingerprint density at radius 3 is 2.75 bits per heavy atom. The van der Waals surface area contributed by atoms with Gasteiger partial charge in [0.25, 0.3) is 0 Å². The van der Waals surface area contributed by atoms with Crippen LogP contribution in [0.4, 0.5) is 0 Å². The monoisotopic (exact) mass is 314 g/mol. The van der Waals surface area contributed by atoms with Gasteiger partial charge in [-0.2, -0.15) is 0 Å². The second-order valence-electron chi connectivity index (χ2n) is 4.58. The Balaban J connectivity index is 2.14. The largest absolute Gasteiger partial charge is 0.506 e. The van der Waals surface area contributed by atoms with Crippen molar-refractivity contribution < 1.29 is 9.63 Å². The number of rotatable bonds is 5. The number of hydrogen-bond donors (Lipinski definition) is 2. The Morgan fingerprint density at radius 1 is 1.40 bits per heavy atom. The van der Waals surface area contributed by atoms with Crippen molar-refractivity contribution in [1.82, 2.24) is 10.5 Å². The van der Waals surface area contributed by atoms with Gasteiger partial charge in [0.05, 0.1) is 17.3 Å². The van der Waals surface area contributed by atoms with E-state index in [0.29, 0.717) is 11.6 Å². The normalized spacial score (nSPS) is 12.6. The maximum Gasteiger partial charge on any atom is 0.150 e. The zero-order valence-corrected chi connectivity index (χ0v) is 12.8. The third kappa shape index (κ3) is 3.26. The number of aryl methyl sites for hydroxylation is 1. The molecule has 0 unspecified atom stereocenters. The third-order valence-corrected chi connectivity index (χ3v) is 3.88. The lowest BCUT2D eigenvalue weighted by Gasteiger charge is -2.18. The van der Waals surface area contributed by atoms with E-state index in [1.807, 2.05) is 19.9 Å². The number of phenols is 1. The van der Waals surface area contributed by atoms with E-state index in [2.05, 4.69) is 10.5 Å². The van der Waals surface area contributed by atoms with E-state index in [1.54, 1.807) is 12.1 Å². The zero-order valence-electron chi connectivity index (χ0n) is 11.3. The summed E-state index contributed by atoms with van der Waals surface area (Å²) in [4.78, 5) is 0. The molecule has 0 amide bonds. The summed E-state index contributed by atoms with van der Waals surface area (Å²) in [7, 11) is 0. The number of aromatic hydroxyl groups is 1. The predicted molar refractivity (Wildman–Crippen MR) is 79.2 cm³/mol. The highest BCUT2D eigenvalue weighted by atomic mass is 35.5. The van der Waals surface area contributed by atoms with Gasteiger partial charge >= 0.3 is 0 Å². The van der Waals surface area contributed by atoms with Crippen molar-refractivity contribution >= 4 is 23.2 Å². The Hall–Kier alpha value is -1.23. The highest BCUT2D eigenvalue weighted by molar-refractivity contribution is 6.43. The first-order chi connectivity index (χ1) is 9.52. The van der Waals surface area contributed by atoms with Crippen LogP contribution < -0.4 is 5.32 Å². The Kier molecular flexibility index (Phi) is 4.91. The van der Waals surface area contributed by atoms with Crippen LogP contribution in [0, 0.1) is 6.92 Å². The molecule has 0 bridgehead atoms. The molecule has 0 saturated heterocycles. The van der Waals surface area contributed by atoms with Gasteiger partial charge in [-0.3, -0.25) is 0 Å². The van der Waals surface area contributed by atoms with Crippen LogP contribution in [0.15, 0.2) is 22.7 Å². The Labute approximate surface area is 127 Å². The number of halogens is 2. The summed E-state index contributed by atoms with van der Waals surface area (Å²) in [5.41, 5.74) is 1.56. The molecule has 108 valence electrons. The number of benzene rings is 1. The minimum Gasteiger partial charge on any atom is -0.506 e. The third-order valence-electron chi connectivity index (χ3n) is 3.08. The molecule has 4 nitrogen and oxygen atoms in total. The van der Waals surface area contributed by atoms with Crippen LogP contribution in [0.2, 0.25) is 10.0 Å². The summed E-state index contributed by atoms with van der Waals surface area (Å²) < 4.78 is 5.15. The Morgan fingerprint density at radius 2 is 2.15 bits per heavy atom. The van der Waals surface area contributed by atoms with Crippen LogP contribution in [0.5, 0.6) is 5.75 Å². The van der Waals surface area contributed by atoms with Gasteiger partial charge in [-0.15, -0.1) is 0 Å². The molecule has 1 heterocycles. The first-order valence-electron chi connectivity index (χ1n) is 6.35. The number of hydrogen-bond acceptors (Lipinski definition) is 4. The molecule has 20 heavy (non-hydrogen) atoms. The fourth-order valence-electron chi connectivity index (χ4n) is 2.03. The highest BCUT2D eigenvalue weighted by Gasteiger charge is 2.17. The van der Waals surface area contributed by atoms with Gasteiger partial charge in [-0.25, -0.2) is 0 Å². The second-order valence-corrected chi connectivity index (χ2v) is 5.36. The van der Waals surface area contributed by atoms with Gasteiger partial charge in [0.2, 0.25) is 0 Å². The molecule has 0 saturated carbocycles. The van der Waals surface area contributed by atoms with E-state index in [-0.39, 0.29) is 16.8 Å². The number of nitrogens with one attached hydrogen (secondary N) is 1. The lowest BCUT2D eigenvalue weighted by atomic mass is 10.0. The molecule has 6 heteroatoms. The first-order valence-corrected chi connectivity index (χ1v) is 7.11. The lowest BCUT2D eigenvalue weighted by Crippen LogP contribution is -2.20. The fourth-order valence-corrected chi connectivity index (χ4v) is 2.36. The number of nitrogens with zero attached hydrogens (tertiary/aromatic N) is 1. The fraction of sp³-hybridized carbons (Fsp3) is 0.357. The van der Waals surface area contributed by atoms with Gasteiger partial charge in [0.1, 0.15) is 10.8 Å². The second kappa shape index (κ2) is 6.48. The molecule has 2 rings (SSSR count). The molecule has 0 spiro atoms. The lowest BCUT2D eigenvalue weighted by molar-refractivity contribution is 0.356. The van der Waals surface area contributed by atoms with Crippen LogP contribution in [0.25, 0.3) is 0 Å². The molecular formula is C14H16Cl2N2O2. The molecule has 0 aliphatic rings. The van der Waals surface area contributed by atoms with Gasteiger partial charge in [0, 0.05) is 17.7 Å². The molecule has 1 aromatic carbocycles. The Bertz CT molecular complexity index is 599. The van der Waals surface area contributed by atoms with Crippen molar-refractivity contribution in [2.75, 3.05) is 0 Å². The molecule has 1 aromatic heterocycles. The van der Waals surface area contributed by atoms with Gasteiger partial charge in [0.15, 0.2) is 5.76 Å². The van der Waals surface area contributed by atoms with Gasteiger partial charge in [-0.1, -0.05) is 41.3 Å². The maximum absolute atomic E-state index is 10.1. The summed E-state index contributed by atoms with van der Waals surface area (Å²) in [6.07, 6.45) is 0.790. The van der Waals surface area contributed by atoms with E-state index >= 15 is 0 Å². The molecule has 0 aliphatic carbocycles. The standard InChI is InChI=1S/C14H16Cl2N2O2/c1-3-12(17-7-9-6-8(2)18-20-9)10-4-5-11(15)13(16)14(10)19/h4-6,12,17,19H,3,7H2,1-2H3/t12-/m1/s1. The summed E-state index contributed by atoms with van der Waals surface area (Å²) in [5, 5.41) is 17.8. The summed E-state index contributed by atoms with van der Waals surface area (Å²) in [6.45, 7) is 4.42. The summed E-state index contributed by atoms with van der Waals surface area (Å²) >= 11 is 11.8. The van der Waals surface area contributed by atoms with Gasteiger partial charge < -0.3 is 14.9 Å². The quantitative estimate of drug-likeness (QED) is 0.866. The van der Waals surface area contributed by atoms with E-state index < -0.39 is 0 Å². The highest BCUT2D eigenvalue weighted by Crippen LogP contribution is 2.37. The van der Waals surface area contributed by atoms with Crippen LogP contribution in [-0.2, 0) is 6.54 Å². The van der Waals surface area contributed by atoms with Crippen molar-refractivity contribution in [3.63, 3.8) is 0 Å². The van der Waals surface area contributed by atoms with E-state index in [4.69, 9.17) is 27.7 Å². The average Bonchev–Trinajstić information content (AvgIpc) is 2.84. The number of aromatic nitrogens is 1. The molecule has 0 radical (unpaired) electrons. The van der Waals surface area contributed by atoms with Crippen molar-refractivity contribution in [1.29, 1.82) is 0 Å². The maximum atomic E-state index is 10.1. The SMILES string of the molecule is CC[C@@H](NCc1cc(C)no1)c1ccc(Cl)c(Cl)c1O. The van der Waals surface area contributed by atoms with Crippen LogP contribution in [0.1, 0.15) is 36.4 Å². The van der Waals surface area contributed by atoms with Crippen molar-refractivity contribution in [3.05, 3.63) is 45.3 Å². The first kappa shape index (κ1) is 15.2. The number of phenolic OH excluding ortho intramolecular Hbond substituents is 1. The smallest absolute Gasteiger partial charge is 0.150 e. The van der Waals surface area contributed by atoms with E-state index in [1.165, 1.54) is 0 Å². The van der Waals surface area contributed by atoms with Crippen LogP contribution in [-0.4, -0.2) is 10.3 Å². The topological polar surface area (TPSA) is 58.3 Å². The van der Waals surface area contributed by atoms with Crippen molar-refractivity contribution in [2.45, 2.75) is 32.9 Å². The van der Waals surface area contributed by atoms with E-state index in [0.717, 1.165) is 23.4 Å². The van der Waals surface area contributed by atoms with Gasteiger partial charge in [-0.05, 0) is 19.4 Å². The molecule has 0 fully saturated rings. The molecular weight excluding hydrogens is 299 g/mol. The van der Waals surface area contributed by atoms with Crippen LogP contribution in [0.3, 0.4) is 0 Å². The summed E-state index contributed by atoms with van der Waals surface area (Å²) in [6, 6.07) is 5.28. The minimum absolute atomic E-state index is 0.0206.